The Morgan fingerprint density at radius 3 is 2.33 bits per heavy atom. The van der Waals surface area contributed by atoms with Crippen LogP contribution in [-0.2, 0) is 11.8 Å². The van der Waals surface area contributed by atoms with E-state index in [0.29, 0.717) is 0 Å². The second kappa shape index (κ2) is 8.83. The summed E-state index contributed by atoms with van der Waals surface area (Å²) >= 11 is 6.12. The third-order valence-corrected chi connectivity index (χ3v) is 6.93. The first kappa shape index (κ1) is 22.0. The van der Waals surface area contributed by atoms with Crippen LogP contribution in [0.15, 0.2) is 66.9 Å². The number of piperidine rings is 1. The van der Waals surface area contributed by atoms with E-state index in [4.69, 9.17) is 21.7 Å². The molecule has 0 radical (unpaired) electrons. The van der Waals surface area contributed by atoms with E-state index in [1.165, 1.54) is 18.4 Å². The maximum Gasteiger partial charge on any atom is 0.165 e. The van der Waals surface area contributed by atoms with Crippen molar-refractivity contribution in [2.75, 3.05) is 18.0 Å². The summed E-state index contributed by atoms with van der Waals surface area (Å²) in [5.41, 5.74) is 5.51. The molecule has 0 bridgehead atoms. The number of benzene rings is 2. The van der Waals surface area contributed by atoms with Crippen LogP contribution in [0.1, 0.15) is 44.9 Å². The average molecular weight is 459 g/mol. The minimum absolute atomic E-state index is 0.0519. The highest BCUT2D eigenvalue weighted by Gasteiger charge is 2.26. The Morgan fingerprint density at radius 2 is 1.67 bits per heavy atom. The van der Waals surface area contributed by atoms with Crippen LogP contribution in [0.2, 0.25) is 5.02 Å². The molecule has 0 N–H and O–H groups in total. The van der Waals surface area contributed by atoms with Crippen molar-refractivity contribution in [1.82, 2.24) is 14.6 Å². The Hall–Kier alpha value is -2.85. The summed E-state index contributed by atoms with van der Waals surface area (Å²) in [6.07, 6.45) is 5.48. The van der Waals surface area contributed by atoms with Crippen LogP contribution in [0.25, 0.3) is 16.8 Å². The van der Waals surface area contributed by atoms with Crippen molar-refractivity contribution < 1.29 is 0 Å². The molecule has 3 heterocycles. The van der Waals surface area contributed by atoms with Gasteiger partial charge >= 0.3 is 0 Å². The van der Waals surface area contributed by atoms with E-state index in [-0.39, 0.29) is 5.41 Å². The van der Waals surface area contributed by atoms with Gasteiger partial charge in [0.2, 0.25) is 0 Å². The zero-order valence-electron chi connectivity index (χ0n) is 19.6. The molecule has 1 aliphatic heterocycles. The third kappa shape index (κ3) is 4.63. The summed E-state index contributed by atoms with van der Waals surface area (Å²) < 4.78 is 2.02. The highest BCUT2D eigenvalue weighted by molar-refractivity contribution is 6.30. The molecule has 4 nitrogen and oxygen atoms in total. The Kier molecular flexibility index (Phi) is 5.88. The highest BCUT2D eigenvalue weighted by atomic mass is 35.5. The average Bonchev–Trinajstić information content (AvgIpc) is 3.24. The number of anilines is 1. The van der Waals surface area contributed by atoms with Gasteiger partial charge in [-0.1, -0.05) is 74.8 Å². The van der Waals surface area contributed by atoms with E-state index in [1.807, 2.05) is 35.0 Å². The minimum atomic E-state index is -0.0519. The van der Waals surface area contributed by atoms with Crippen LogP contribution in [0, 0.1) is 5.92 Å². The van der Waals surface area contributed by atoms with Crippen molar-refractivity contribution in [1.29, 1.82) is 0 Å². The second-order valence-electron chi connectivity index (χ2n) is 10.2. The van der Waals surface area contributed by atoms with Crippen LogP contribution in [-0.4, -0.2) is 27.7 Å². The SMILES string of the molecule is CC(C)(C)c1cc(N2CCC(Cc3ccccc3)CC2)n2ncc(-c3ccc(Cl)cc3)c2n1. The molecule has 5 rings (SSSR count). The molecule has 0 aliphatic carbocycles. The van der Waals surface area contributed by atoms with Crippen molar-refractivity contribution in [3.63, 3.8) is 0 Å². The topological polar surface area (TPSA) is 33.4 Å². The molecule has 0 saturated carbocycles. The molecule has 1 aliphatic rings. The molecule has 4 aromatic rings. The molecule has 33 heavy (non-hydrogen) atoms. The zero-order chi connectivity index (χ0) is 23.0. The molecule has 2 aromatic carbocycles. The molecule has 0 atom stereocenters. The Labute approximate surface area is 201 Å². The van der Waals surface area contributed by atoms with Crippen molar-refractivity contribution in [2.45, 2.75) is 45.4 Å². The van der Waals surface area contributed by atoms with Crippen molar-refractivity contribution in [2.24, 2.45) is 5.92 Å². The predicted molar refractivity (Wildman–Crippen MR) is 137 cm³/mol. The molecule has 0 amide bonds. The fraction of sp³-hybridized carbons (Fsp3) is 0.357. The van der Waals surface area contributed by atoms with Gasteiger partial charge in [-0.05, 0) is 48.4 Å². The highest BCUT2D eigenvalue weighted by Crippen LogP contribution is 2.33. The van der Waals surface area contributed by atoms with Crippen molar-refractivity contribution in [3.05, 3.63) is 83.1 Å². The molecule has 5 heteroatoms. The van der Waals surface area contributed by atoms with Crippen LogP contribution in [0.3, 0.4) is 0 Å². The van der Waals surface area contributed by atoms with Gasteiger partial charge < -0.3 is 4.90 Å². The molecule has 1 fully saturated rings. The lowest BCUT2D eigenvalue weighted by atomic mass is 9.89. The van der Waals surface area contributed by atoms with E-state index in [9.17, 15) is 0 Å². The standard InChI is InChI=1S/C28H31ClN4/c1-28(2,3)25-18-26(32-15-13-21(14-16-32)17-20-7-5-4-6-8-20)33-27(31-25)24(19-30-33)22-9-11-23(29)12-10-22/h4-12,18-19,21H,13-17H2,1-3H3. The number of aromatic nitrogens is 3. The first-order chi connectivity index (χ1) is 15.9. The van der Waals surface area contributed by atoms with Gasteiger partial charge in [0.25, 0.3) is 0 Å². The zero-order valence-corrected chi connectivity index (χ0v) is 20.4. The molecule has 1 saturated heterocycles. The molecular weight excluding hydrogens is 428 g/mol. The number of halogens is 1. The van der Waals surface area contributed by atoms with Gasteiger partial charge in [-0.3, -0.25) is 0 Å². The van der Waals surface area contributed by atoms with E-state index >= 15 is 0 Å². The van der Waals surface area contributed by atoms with Gasteiger partial charge in [-0.15, -0.1) is 0 Å². The second-order valence-corrected chi connectivity index (χ2v) is 10.6. The van der Waals surface area contributed by atoms with Gasteiger partial charge in [0.05, 0.1) is 11.9 Å². The lowest BCUT2D eigenvalue weighted by molar-refractivity contribution is 0.400. The quantitative estimate of drug-likeness (QED) is 0.337. The number of fused-ring (bicyclic) bond motifs is 1. The fourth-order valence-corrected chi connectivity index (χ4v) is 4.83. The van der Waals surface area contributed by atoms with Gasteiger partial charge in [0, 0.05) is 35.2 Å². The third-order valence-electron chi connectivity index (χ3n) is 6.68. The lowest BCUT2D eigenvalue weighted by Gasteiger charge is -2.34. The normalized spacial score (nSPS) is 15.3. The molecule has 0 spiro atoms. The van der Waals surface area contributed by atoms with Gasteiger partial charge in [0.15, 0.2) is 5.65 Å². The molecular formula is C28H31ClN4. The summed E-state index contributed by atoms with van der Waals surface area (Å²) in [6.45, 7) is 8.74. The summed E-state index contributed by atoms with van der Waals surface area (Å²) in [6, 6.07) is 21.0. The van der Waals surface area contributed by atoms with E-state index < -0.39 is 0 Å². The molecule has 0 unspecified atom stereocenters. The van der Waals surface area contributed by atoms with Gasteiger partial charge in [-0.2, -0.15) is 9.61 Å². The van der Waals surface area contributed by atoms with Crippen LogP contribution in [0.5, 0.6) is 0 Å². The molecule has 170 valence electrons. The lowest BCUT2D eigenvalue weighted by Crippen LogP contribution is -2.36. The minimum Gasteiger partial charge on any atom is -0.356 e. The van der Waals surface area contributed by atoms with E-state index in [2.05, 4.69) is 62.1 Å². The summed E-state index contributed by atoms with van der Waals surface area (Å²) in [5.74, 6) is 1.87. The van der Waals surface area contributed by atoms with Crippen LogP contribution in [0.4, 0.5) is 5.82 Å². The number of hydrogen-bond donors (Lipinski definition) is 0. The maximum absolute atomic E-state index is 6.12. The largest absolute Gasteiger partial charge is 0.356 e. The van der Waals surface area contributed by atoms with Crippen LogP contribution < -0.4 is 4.90 Å². The predicted octanol–water partition coefficient (Wildman–Crippen LogP) is 6.81. The van der Waals surface area contributed by atoms with E-state index in [0.717, 1.165) is 58.7 Å². The molecule has 2 aromatic heterocycles. The van der Waals surface area contributed by atoms with Crippen molar-refractivity contribution >= 4 is 23.1 Å². The number of nitrogens with zero attached hydrogens (tertiary/aromatic N) is 4. The first-order valence-corrected chi connectivity index (χ1v) is 12.2. The van der Waals surface area contributed by atoms with E-state index in [1.54, 1.807) is 0 Å². The number of hydrogen-bond acceptors (Lipinski definition) is 3. The summed E-state index contributed by atoms with van der Waals surface area (Å²) in [5, 5.41) is 5.52. The Morgan fingerprint density at radius 1 is 0.970 bits per heavy atom. The van der Waals surface area contributed by atoms with Gasteiger partial charge in [0.1, 0.15) is 5.82 Å². The van der Waals surface area contributed by atoms with Crippen LogP contribution >= 0.6 is 11.6 Å². The Balaban J connectivity index is 1.47. The Bertz CT molecular complexity index is 1230. The number of rotatable bonds is 4. The fourth-order valence-electron chi connectivity index (χ4n) is 4.70. The smallest absolute Gasteiger partial charge is 0.165 e. The summed E-state index contributed by atoms with van der Waals surface area (Å²) in [4.78, 5) is 7.56. The first-order valence-electron chi connectivity index (χ1n) is 11.8. The summed E-state index contributed by atoms with van der Waals surface area (Å²) in [7, 11) is 0. The van der Waals surface area contributed by atoms with Crippen molar-refractivity contribution in [3.8, 4) is 11.1 Å². The monoisotopic (exact) mass is 458 g/mol. The maximum atomic E-state index is 6.12. The van der Waals surface area contributed by atoms with Gasteiger partial charge in [-0.25, -0.2) is 4.98 Å².